The molecule has 0 radical (unpaired) electrons. The molecule has 2 rings (SSSR count). The van der Waals surface area contributed by atoms with E-state index in [2.05, 4.69) is 5.32 Å². The van der Waals surface area contributed by atoms with Crippen LogP contribution in [0.15, 0.2) is 0 Å². The van der Waals surface area contributed by atoms with Crippen molar-refractivity contribution in [2.75, 3.05) is 7.11 Å². The first-order chi connectivity index (χ1) is 10.8. The minimum Gasteiger partial charge on any atom is -0.469 e. The highest BCUT2D eigenvalue weighted by Crippen LogP contribution is 2.40. The second-order valence-electron chi connectivity index (χ2n) is 6.70. The second kappa shape index (κ2) is 7.53. The third-order valence-corrected chi connectivity index (χ3v) is 5.15. The number of carbonyl (C=O) groups excluding carboxylic acids is 2. The molecule has 0 aromatic heterocycles. The van der Waals surface area contributed by atoms with Crippen LogP contribution >= 0.6 is 0 Å². The molecule has 0 heterocycles. The van der Waals surface area contributed by atoms with Gasteiger partial charge in [-0.15, -0.1) is 0 Å². The van der Waals surface area contributed by atoms with Gasteiger partial charge in [0.15, 0.2) is 0 Å². The minimum atomic E-state index is -4.12. The maximum absolute atomic E-state index is 12.6. The van der Waals surface area contributed by atoms with E-state index in [-0.39, 0.29) is 49.0 Å². The van der Waals surface area contributed by atoms with Crippen molar-refractivity contribution >= 4 is 11.9 Å². The quantitative estimate of drug-likeness (QED) is 0.803. The first-order valence-corrected chi connectivity index (χ1v) is 8.25. The van der Waals surface area contributed by atoms with Gasteiger partial charge in [-0.25, -0.2) is 0 Å². The van der Waals surface area contributed by atoms with Gasteiger partial charge in [-0.1, -0.05) is 6.42 Å². The number of halogens is 3. The molecule has 2 atom stereocenters. The minimum absolute atomic E-state index is 0.00609. The number of alkyl halides is 3. The summed E-state index contributed by atoms with van der Waals surface area (Å²) in [4.78, 5) is 23.8. The lowest BCUT2D eigenvalue weighted by Gasteiger charge is -2.30. The number of esters is 1. The summed E-state index contributed by atoms with van der Waals surface area (Å²) < 4.78 is 42.6. The van der Waals surface area contributed by atoms with Gasteiger partial charge in [0.2, 0.25) is 5.91 Å². The number of carbonyl (C=O) groups is 2. The third-order valence-electron chi connectivity index (χ3n) is 5.15. The molecule has 1 N–H and O–H groups in total. The molecular formula is C16H24F3NO3. The fraction of sp³-hybridized carbons (Fsp3) is 0.875. The van der Waals surface area contributed by atoms with Crippen molar-refractivity contribution < 1.29 is 27.5 Å². The molecule has 132 valence electrons. The average Bonchev–Trinajstić information content (AvgIpc) is 2.94. The molecule has 0 aromatic rings. The predicted octanol–water partition coefficient (Wildman–Crippen LogP) is 3.20. The summed E-state index contributed by atoms with van der Waals surface area (Å²) in [7, 11) is 1.33. The largest absolute Gasteiger partial charge is 0.469 e. The third kappa shape index (κ3) is 4.85. The molecule has 4 nitrogen and oxygen atoms in total. The van der Waals surface area contributed by atoms with E-state index in [1.54, 1.807) is 0 Å². The lowest BCUT2D eigenvalue weighted by molar-refractivity contribution is -0.184. The van der Waals surface area contributed by atoms with E-state index in [4.69, 9.17) is 4.74 Å². The monoisotopic (exact) mass is 335 g/mol. The number of ether oxygens (including phenoxy) is 1. The smallest absolute Gasteiger partial charge is 0.391 e. The zero-order chi connectivity index (χ0) is 17.0. The average molecular weight is 335 g/mol. The van der Waals surface area contributed by atoms with Crippen LogP contribution in [-0.2, 0) is 14.3 Å². The number of hydrogen-bond acceptors (Lipinski definition) is 3. The molecule has 2 fully saturated rings. The topological polar surface area (TPSA) is 55.4 Å². The van der Waals surface area contributed by atoms with E-state index < -0.39 is 12.1 Å². The van der Waals surface area contributed by atoms with Gasteiger partial charge in [0.25, 0.3) is 0 Å². The maximum atomic E-state index is 12.6. The Bertz CT molecular complexity index is 431. The zero-order valence-corrected chi connectivity index (χ0v) is 13.3. The van der Waals surface area contributed by atoms with Crippen molar-refractivity contribution in [1.82, 2.24) is 5.32 Å². The van der Waals surface area contributed by atoms with Gasteiger partial charge in [0, 0.05) is 12.5 Å². The van der Waals surface area contributed by atoms with Gasteiger partial charge >= 0.3 is 12.1 Å². The predicted molar refractivity (Wildman–Crippen MR) is 77.4 cm³/mol. The summed E-state index contributed by atoms with van der Waals surface area (Å²) in [5.41, 5.74) is 0. The molecule has 0 aromatic carbocycles. The van der Waals surface area contributed by atoms with Crippen molar-refractivity contribution in [2.45, 2.75) is 63.6 Å². The van der Waals surface area contributed by atoms with E-state index in [0.29, 0.717) is 19.3 Å². The molecule has 0 aliphatic heterocycles. The summed E-state index contributed by atoms with van der Waals surface area (Å²) in [6.45, 7) is 0. The van der Waals surface area contributed by atoms with Gasteiger partial charge in [0.05, 0.1) is 18.9 Å². The fourth-order valence-corrected chi connectivity index (χ4v) is 3.79. The molecule has 2 saturated carbocycles. The Labute approximate surface area is 134 Å². The van der Waals surface area contributed by atoms with Gasteiger partial charge in [-0.2, -0.15) is 13.2 Å². The Morgan fingerprint density at radius 1 is 1.09 bits per heavy atom. The number of hydrogen-bond donors (Lipinski definition) is 1. The maximum Gasteiger partial charge on any atom is 0.391 e. The molecule has 1 amide bonds. The first-order valence-electron chi connectivity index (χ1n) is 8.25. The Balaban J connectivity index is 1.76. The number of methoxy groups -OCH3 is 1. The second-order valence-corrected chi connectivity index (χ2v) is 6.70. The summed E-state index contributed by atoms with van der Waals surface area (Å²) in [6.07, 6.45) is -0.488. The van der Waals surface area contributed by atoms with E-state index in [1.807, 2.05) is 0 Å². The van der Waals surface area contributed by atoms with Gasteiger partial charge in [-0.3, -0.25) is 9.59 Å². The lowest BCUT2D eigenvalue weighted by atomic mass is 9.80. The summed E-state index contributed by atoms with van der Waals surface area (Å²) >= 11 is 0. The van der Waals surface area contributed by atoms with E-state index in [1.165, 1.54) is 7.11 Å². The van der Waals surface area contributed by atoms with Crippen molar-refractivity contribution in [3.8, 4) is 0 Å². The fourth-order valence-electron chi connectivity index (χ4n) is 3.79. The highest BCUT2D eigenvalue weighted by atomic mass is 19.4. The Kier molecular flexibility index (Phi) is 5.92. The van der Waals surface area contributed by atoms with Crippen LogP contribution in [0.1, 0.15) is 51.4 Å². The van der Waals surface area contributed by atoms with Crippen LogP contribution in [0.5, 0.6) is 0 Å². The summed E-state index contributed by atoms with van der Waals surface area (Å²) in [6, 6.07) is -0.207. The molecule has 2 aliphatic rings. The standard InChI is InChI=1S/C16H24F3NO3/c1-23-15(22)12-3-2-4-13(12)20-14(21)9-10-5-7-11(8-6-10)16(17,18)19/h10-13H,2-9H2,1H3,(H,20,21)/t10?,11?,12-,13-/m0/s1. The highest BCUT2D eigenvalue weighted by Gasteiger charge is 2.42. The van der Waals surface area contributed by atoms with Crippen LogP contribution in [0, 0.1) is 17.8 Å². The molecule has 2 aliphatic carbocycles. The summed E-state index contributed by atoms with van der Waals surface area (Å²) in [5.74, 6) is -1.99. The van der Waals surface area contributed by atoms with Crippen molar-refractivity contribution in [1.29, 1.82) is 0 Å². The molecular weight excluding hydrogens is 311 g/mol. The molecule has 0 saturated heterocycles. The van der Waals surface area contributed by atoms with Gasteiger partial charge < -0.3 is 10.1 Å². The number of amides is 1. The van der Waals surface area contributed by atoms with Crippen molar-refractivity contribution in [2.24, 2.45) is 17.8 Å². The Morgan fingerprint density at radius 3 is 2.30 bits per heavy atom. The van der Waals surface area contributed by atoms with Crippen LogP contribution in [0.2, 0.25) is 0 Å². The number of rotatable bonds is 4. The molecule has 7 heteroatoms. The number of nitrogens with one attached hydrogen (secondary N) is 1. The van der Waals surface area contributed by atoms with E-state index in [0.717, 1.165) is 12.8 Å². The Hall–Kier alpha value is -1.27. The van der Waals surface area contributed by atoms with Crippen LogP contribution < -0.4 is 5.32 Å². The van der Waals surface area contributed by atoms with E-state index in [9.17, 15) is 22.8 Å². The van der Waals surface area contributed by atoms with E-state index >= 15 is 0 Å². The van der Waals surface area contributed by atoms with Crippen molar-refractivity contribution in [3.05, 3.63) is 0 Å². The molecule has 0 bridgehead atoms. The molecule has 0 unspecified atom stereocenters. The van der Waals surface area contributed by atoms with Crippen LogP contribution in [0.4, 0.5) is 13.2 Å². The van der Waals surface area contributed by atoms with Crippen LogP contribution in [0.3, 0.4) is 0 Å². The Morgan fingerprint density at radius 2 is 1.74 bits per heavy atom. The summed E-state index contributed by atoms with van der Waals surface area (Å²) in [5, 5.41) is 2.87. The lowest BCUT2D eigenvalue weighted by Crippen LogP contribution is -2.41. The normalized spacial score (nSPS) is 31.7. The van der Waals surface area contributed by atoms with Gasteiger partial charge in [0.1, 0.15) is 0 Å². The SMILES string of the molecule is COC(=O)[C@H]1CCC[C@@H]1NC(=O)CC1CCC(C(F)(F)F)CC1. The van der Waals surface area contributed by atoms with Crippen molar-refractivity contribution in [3.63, 3.8) is 0 Å². The highest BCUT2D eigenvalue weighted by molar-refractivity contribution is 5.79. The molecule has 0 spiro atoms. The van der Waals surface area contributed by atoms with Crippen LogP contribution in [0.25, 0.3) is 0 Å². The first kappa shape index (κ1) is 18.1. The van der Waals surface area contributed by atoms with Crippen LogP contribution in [-0.4, -0.2) is 31.2 Å². The van der Waals surface area contributed by atoms with Gasteiger partial charge in [-0.05, 0) is 44.4 Å². The molecule has 23 heavy (non-hydrogen) atoms. The zero-order valence-electron chi connectivity index (χ0n) is 13.3.